The van der Waals surface area contributed by atoms with Crippen molar-refractivity contribution in [2.24, 2.45) is 0 Å². The number of phosphoric ester groups is 1. The lowest BCUT2D eigenvalue weighted by atomic mass is 10.4. The van der Waals surface area contributed by atoms with Crippen LogP contribution in [0.15, 0.2) is 12.7 Å². The van der Waals surface area contributed by atoms with Crippen molar-refractivity contribution >= 4 is 17.1 Å². The molecule has 2 atom stereocenters. The molecule has 0 heterocycles. The van der Waals surface area contributed by atoms with E-state index in [-0.39, 0.29) is 6.61 Å². The summed E-state index contributed by atoms with van der Waals surface area (Å²) < 4.78 is 19.8. The van der Waals surface area contributed by atoms with E-state index in [2.05, 4.69) is 20.3 Å². The van der Waals surface area contributed by atoms with Crippen molar-refractivity contribution in [1.29, 1.82) is 0 Å². The van der Waals surface area contributed by atoms with Crippen molar-refractivity contribution in [3.8, 4) is 0 Å². The van der Waals surface area contributed by atoms with Crippen molar-refractivity contribution in [3.63, 3.8) is 0 Å². The quantitative estimate of drug-likeness (QED) is 0.378. The molecule has 0 aliphatic rings. The molecule has 0 aromatic heterocycles. The average Bonchev–Trinajstić information content (AvgIpc) is 2.01. The third kappa shape index (κ3) is 8.57. The SMILES string of the molecule is C=CCOCC(CP)OP(=O)(O)O. The van der Waals surface area contributed by atoms with Gasteiger partial charge in [0.1, 0.15) is 0 Å². The Hall–Kier alpha value is 0.240. The van der Waals surface area contributed by atoms with Gasteiger partial charge in [0.15, 0.2) is 0 Å². The van der Waals surface area contributed by atoms with Crippen LogP contribution in [0.1, 0.15) is 0 Å². The van der Waals surface area contributed by atoms with Crippen LogP contribution in [-0.4, -0.2) is 35.3 Å². The average molecular weight is 228 g/mol. The van der Waals surface area contributed by atoms with Gasteiger partial charge in [0, 0.05) is 0 Å². The van der Waals surface area contributed by atoms with Gasteiger partial charge in [-0.1, -0.05) is 6.08 Å². The monoisotopic (exact) mass is 228 g/mol. The number of ether oxygens (including phenoxy) is 1. The van der Waals surface area contributed by atoms with Gasteiger partial charge >= 0.3 is 7.82 Å². The fourth-order valence-electron chi connectivity index (χ4n) is 0.619. The standard InChI is InChI=1S/C6H14O5P2/c1-2-3-10-4-6(5-12)11-13(7,8)9/h2,6H,1,3-5,12H2,(H2,7,8,9). The van der Waals surface area contributed by atoms with Crippen LogP contribution >= 0.6 is 17.1 Å². The first-order chi connectivity index (χ1) is 5.99. The smallest absolute Gasteiger partial charge is 0.375 e. The van der Waals surface area contributed by atoms with E-state index in [1.165, 1.54) is 0 Å². The van der Waals surface area contributed by atoms with Crippen LogP contribution < -0.4 is 0 Å². The zero-order chi connectivity index (χ0) is 10.3. The Morgan fingerprint density at radius 2 is 2.23 bits per heavy atom. The molecular weight excluding hydrogens is 214 g/mol. The molecule has 5 nitrogen and oxygen atoms in total. The highest BCUT2D eigenvalue weighted by Gasteiger charge is 2.20. The Labute approximate surface area is 79.6 Å². The molecule has 0 saturated heterocycles. The van der Waals surface area contributed by atoms with E-state index in [4.69, 9.17) is 14.5 Å². The van der Waals surface area contributed by atoms with Gasteiger partial charge in [0.2, 0.25) is 0 Å². The molecule has 13 heavy (non-hydrogen) atoms. The number of hydrogen-bond donors (Lipinski definition) is 2. The molecule has 0 aliphatic carbocycles. The summed E-state index contributed by atoms with van der Waals surface area (Å²) in [7, 11) is -2.07. The van der Waals surface area contributed by atoms with Crippen LogP contribution in [0.4, 0.5) is 0 Å². The number of hydrogen-bond acceptors (Lipinski definition) is 3. The lowest BCUT2D eigenvalue weighted by Crippen LogP contribution is -2.20. The second-order valence-electron chi connectivity index (χ2n) is 2.28. The molecule has 0 amide bonds. The predicted octanol–water partition coefficient (Wildman–Crippen LogP) is 0.542. The summed E-state index contributed by atoms with van der Waals surface area (Å²) >= 11 is 0. The molecule has 7 heteroatoms. The summed E-state index contributed by atoms with van der Waals surface area (Å²) in [6.07, 6.45) is 1.35. The van der Waals surface area contributed by atoms with Gasteiger partial charge in [-0.05, 0) is 6.16 Å². The van der Waals surface area contributed by atoms with Crippen LogP contribution in [0.25, 0.3) is 0 Å². The normalized spacial score (nSPS) is 14.1. The molecular formula is C6H14O5P2. The molecule has 0 aromatic carbocycles. The van der Waals surface area contributed by atoms with E-state index in [0.717, 1.165) is 0 Å². The Bertz CT molecular complexity index is 189. The fraction of sp³-hybridized carbons (Fsp3) is 0.667. The van der Waals surface area contributed by atoms with Gasteiger partial charge in [-0.2, -0.15) is 0 Å². The Kier molecular flexibility index (Phi) is 6.78. The van der Waals surface area contributed by atoms with E-state index in [0.29, 0.717) is 12.8 Å². The first-order valence-electron chi connectivity index (χ1n) is 3.62. The van der Waals surface area contributed by atoms with E-state index in [1.54, 1.807) is 6.08 Å². The summed E-state index contributed by atoms with van der Waals surface area (Å²) in [4.78, 5) is 17.0. The predicted molar refractivity (Wildman–Crippen MR) is 52.5 cm³/mol. The van der Waals surface area contributed by atoms with Crippen molar-refractivity contribution in [1.82, 2.24) is 0 Å². The molecule has 0 radical (unpaired) electrons. The zero-order valence-corrected chi connectivity index (χ0v) is 9.18. The first kappa shape index (κ1) is 13.2. The lowest BCUT2D eigenvalue weighted by molar-refractivity contribution is 0.0558. The van der Waals surface area contributed by atoms with Crippen LogP contribution in [-0.2, 0) is 13.8 Å². The van der Waals surface area contributed by atoms with E-state index < -0.39 is 13.9 Å². The Morgan fingerprint density at radius 3 is 2.62 bits per heavy atom. The Balaban J connectivity index is 3.76. The highest BCUT2D eigenvalue weighted by Crippen LogP contribution is 2.37. The van der Waals surface area contributed by atoms with Crippen molar-refractivity contribution in [2.75, 3.05) is 19.4 Å². The third-order valence-corrected chi connectivity index (χ3v) is 2.19. The maximum atomic E-state index is 10.4. The summed E-state index contributed by atoms with van der Waals surface area (Å²) in [6, 6.07) is 0. The molecule has 0 spiro atoms. The maximum Gasteiger partial charge on any atom is 0.469 e. The molecule has 78 valence electrons. The van der Waals surface area contributed by atoms with Crippen LogP contribution in [0, 0.1) is 0 Å². The van der Waals surface area contributed by atoms with Crippen LogP contribution in [0.2, 0.25) is 0 Å². The highest BCUT2D eigenvalue weighted by atomic mass is 31.2. The molecule has 2 unspecified atom stereocenters. The maximum absolute atomic E-state index is 10.4. The van der Waals surface area contributed by atoms with E-state index in [1.807, 2.05) is 0 Å². The van der Waals surface area contributed by atoms with E-state index in [9.17, 15) is 4.57 Å². The molecule has 0 aliphatic heterocycles. The zero-order valence-electron chi connectivity index (χ0n) is 7.13. The molecule has 2 N–H and O–H groups in total. The van der Waals surface area contributed by atoms with Gasteiger partial charge < -0.3 is 14.5 Å². The minimum absolute atomic E-state index is 0.140. The van der Waals surface area contributed by atoms with Gasteiger partial charge in [-0.3, -0.25) is 4.52 Å². The fourth-order valence-corrected chi connectivity index (χ4v) is 1.55. The minimum Gasteiger partial charge on any atom is -0.375 e. The molecule has 0 bridgehead atoms. The summed E-state index contributed by atoms with van der Waals surface area (Å²) in [6.45, 7) is 3.91. The largest absolute Gasteiger partial charge is 0.469 e. The van der Waals surface area contributed by atoms with Crippen molar-refractivity contribution < 1.29 is 23.6 Å². The van der Waals surface area contributed by atoms with Crippen LogP contribution in [0.3, 0.4) is 0 Å². The second-order valence-corrected chi connectivity index (χ2v) is 3.94. The van der Waals surface area contributed by atoms with Gasteiger partial charge in [0.25, 0.3) is 0 Å². The topological polar surface area (TPSA) is 76.0 Å². The lowest BCUT2D eigenvalue weighted by Gasteiger charge is -2.15. The third-order valence-electron chi connectivity index (χ3n) is 1.09. The van der Waals surface area contributed by atoms with Crippen molar-refractivity contribution in [2.45, 2.75) is 6.10 Å². The molecule has 0 aromatic rings. The molecule has 0 saturated carbocycles. The summed E-state index contributed by atoms with van der Waals surface area (Å²) in [5, 5.41) is 0. The number of rotatable bonds is 7. The van der Waals surface area contributed by atoms with Gasteiger partial charge in [-0.15, -0.1) is 15.8 Å². The Morgan fingerprint density at radius 1 is 1.62 bits per heavy atom. The second kappa shape index (κ2) is 6.66. The summed E-state index contributed by atoms with van der Waals surface area (Å²) in [5.41, 5.74) is 0. The van der Waals surface area contributed by atoms with Gasteiger partial charge in [-0.25, -0.2) is 4.57 Å². The number of phosphoric acid groups is 1. The van der Waals surface area contributed by atoms with Crippen LogP contribution in [0.5, 0.6) is 0 Å². The summed E-state index contributed by atoms with van der Waals surface area (Å²) in [5.74, 6) is 0. The first-order valence-corrected chi connectivity index (χ1v) is 5.97. The van der Waals surface area contributed by atoms with Gasteiger partial charge in [0.05, 0.1) is 19.3 Å². The van der Waals surface area contributed by atoms with Crippen molar-refractivity contribution in [3.05, 3.63) is 12.7 Å². The molecule has 0 rings (SSSR count). The molecule has 0 fully saturated rings. The minimum atomic E-state index is -4.41. The van der Waals surface area contributed by atoms with E-state index >= 15 is 0 Å². The highest BCUT2D eigenvalue weighted by molar-refractivity contribution is 7.46.